The van der Waals surface area contributed by atoms with Gasteiger partial charge in [-0.25, -0.2) is 9.78 Å². The zero-order chi connectivity index (χ0) is 27.8. The molecule has 2 amide bonds. The lowest BCUT2D eigenvalue weighted by Gasteiger charge is -2.33. The van der Waals surface area contributed by atoms with Crippen molar-refractivity contribution in [3.05, 3.63) is 42.2 Å². The third-order valence-electron chi connectivity index (χ3n) is 9.69. The molecule has 0 unspecified atom stereocenters. The summed E-state index contributed by atoms with van der Waals surface area (Å²) in [7, 11) is 0. The number of benzene rings is 1. The maximum Gasteiger partial charge on any atom is 0.317 e. The molecule has 0 bridgehead atoms. The number of hydrogen-bond donors (Lipinski definition) is 4. The normalized spacial score (nSPS) is 27.2. The van der Waals surface area contributed by atoms with Crippen molar-refractivity contribution in [2.45, 2.75) is 107 Å². The summed E-state index contributed by atoms with van der Waals surface area (Å²) in [5.74, 6) is 1.92. The fourth-order valence-electron chi connectivity index (χ4n) is 7.07. The van der Waals surface area contributed by atoms with E-state index in [1.54, 1.807) is 0 Å². The van der Waals surface area contributed by atoms with Gasteiger partial charge in [-0.1, -0.05) is 43.2 Å². The van der Waals surface area contributed by atoms with E-state index >= 15 is 0 Å². The number of imidazole rings is 1. The van der Waals surface area contributed by atoms with Gasteiger partial charge in [-0.3, -0.25) is 0 Å². The number of anilines is 2. The first-order chi connectivity index (χ1) is 20.1. The smallest absolute Gasteiger partial charge is 0.317 e. The zero-order valence-electron chi connectivity index (χ0n) is 23.8. The van der Waals surface area contributed by atoms with Gasteiger partial charge in [0.1, 0.15) is 0 Å². The number of rotatable bonds is 7. The summed E-state index contributed by atoms with van der Waals surface area (Å²) in [6, 6.07) is 12.1. The van der Waals surface area contributed by atoms with Crippen LogP contribution in [0.4, 0.5) is 16.6 Å². The zero-order valence-corrected chi connectivity index (χ0v) is 23.8. The van der Waals surface area contributed by atoms with Crippen molar-refractivity contribution in [2.75, 3.05) is 23.7 Å². The van der Waals surface area contributed by atoms with Crippen molar-refractivity contribution in [1.82, 2.24) is 29.7 Å². The topological polar surface area (TPSA) is 126 Å². The van der Waals surface area contributed by atoms with E-state index in [9.17, 15) is 4.79 Å². The van der Waals surface area contributed by atoms with Crippen molar-refractivity contribution < 1.29 is 4.79 Å². The molecule has 3 aliphatic carbocycles. The fraction of sp³-hybridized carbons (Fsp3) is 0.613. The molecule has 4 aliphatic rings. The second kappa shape index (κ2) is 11.5. The number of likely N-dealkylation sites (tertiary alicyclic amines) is 1. The number of urea groups is 1. The van der Waals surface area contributed by atoms with Crippen molar-refractivity contribution in [2.24, 2.45) is 5.73 Å². The Hall–Kier alpha value is -3.40. The minimum atomic E-state index is 0.0605. The van der Waals surface area contributed by atoms with Gasteiger partial charge in [0.15, 0.2) is 17.0 Å². The number of carbonyl (C=O) groups excluding carboxylic acids is 1. The van der Waals surface area contributed by atoms with Crippen LogP contribution in [0.5, 0.6) is 0 Å². The molecule has 5 N–H and O–H groups in total. The van der Waals surface area contributed by atoms with Crippen LogP contribution in [-0.4, -0.2) is 67.7 Å². The SMILES string of the molecule is NC1CCC(Nc2nc(NC3CCN(C(=O)N[C@@H]4C[C@H]4c4ccccc4)CC3)c3ncn(C4CCCC4)c3n2)CC1. The minimum Gasteiger partial charge on any atom is -0.365 e. The second-order valence-electron chi connectivity index (χ2n) is 12.6. The Bertz CT molecular complexity index is 1340. The van der Waals surface area contributed by atoms with E-state index in [0.717, 1.165) is 75.0 Å². The summed E-state index contributed by atoms with van der Waals surface area (Å²) in [5.41, 5.74) is 9.22. The van der Waals surface area contributed by atoms with Crippen LogP contribution >= 0.6 is 0 Å². The van der Waals surface area contributed by atoms with E-state index in [4.69, 9.17) is 20.7 Å². The quantitative estimate of drug-likeness (QED) is 0.330. The molecule has 3 saturated carbocycles. The van der Waals surface area contributed by atoms with E-state index in [1.165, 1.54) is 31.2 Å². The Morgan fingerprint density at radius 2 is 1.61 bits per heavy atom. The Morgan fingerprint density at radius 1 is 0.878 bits per heavy atom. The third kappa shape index (κ3) is 5.84. The van der Waals surface area contributed by atoms with Crippen molar-refractivity contribution in [3.8, 4) is 0 Å². The van der Waals surface area contributed by atoms with Gasteiger partial charge in [-0.15, -0.1) is 0 Å². The van der Waals surface area contributed by atoms with Crippen LogP contribution in [0.15, 0.2) is 36.7 Å². The monoisotopic (exact) mass is 557 g/mol. The van der Waals surface area contributed by atoms with Gasteiger partial charge in [0, 0.05) is 49.2 Å². The average molecular weight is 558 g/mol. The number of fused-ring (bicyclic) bond motifs is 1. The van der Waals surface area contributed by atoms with Crippen LogP contribution in [0.3, 0.4) is 0 Å². The molecule has 3 aromatic rings. The highest BCUT2D eigenvalue weighted by atomic mass is 16.2. The van der Waals surface area contributed by atoms with Gasteiger partial charge >= 0.3 is 6.03 Å². The molecule has 7 rings (SSSR count). The average Bonchev–Trinajstić information content (AvgIpc) is 3.34. The number of nitrogens with one attached hydrogen (secondary N) is 3. The Balaban J connectivity index is 1.01. The van der Waals surface area contributed by atoms with E-state index in [1.807, 2.05) is 17.3 Å². The second-order valence-corrected chi connectivity index (χ2v) is 12.6. The number of nitrogens with two attached hydrogens (primary N) is 1. The number of aromatic nitrogens is 4. The lowest BCUT2D eigenvalue weighted by atomic mass is 9.92. The Kier molecular flexibility index (Phi) is 7.41. The van der Waals surface area contributed by atoms with Crippen LogP contribution in [0, 0.1) is 0 Å². The molecule has 10 nitrogen and oxygen atoms in total. The fourth-order valence-corrected chi connectivity index (χ4v) is 7.07. The number of carbonyl (C=O) groups is 1. The van der Waals surface area contributed by atoms with Gasteiger partial charge in [-0.05, 0) is 63.4 Å². The van der Waals surface area contributed by atoms with Gasteiger partial charge in [0.25, 0.3) is 0 Å². The largest absolute Gasteiger partial charge is 0.365 e. The summed E-state index contributed by atoms with van der Waals surface area (Å²) in [6.45, 7) is 1.45. The summed E-state index contributed by atoms with van der Waals surface area (Å²) in [5, 5.41) is 10.6. The van der Waals surface area contributed by atoms with Crippen molar-refractivity contribution in [1.29, 1.82) is 0 Å². The highest BCUT2D eigenvalue weighted by Gasteiger charge is 2.40. The van der Waals surface area contributed by atoms with Crippen LogP contribution in [0.25, 0.3) is 11.2 Å². The van der Waals surface area contributed by atoms with Crippen molar-refractivity contribution in [3.63, 3.8) is 0 Å². The molecular formula is C31H43N9O. The minimum absolute atomic E-state index is 0.0605. The molecule has 2 aromatic heterocycles. The molecule has 1 aliphatic heterocycles. The lowest BCUT2D eigenvalue weighted by Crippen LogP contribution is -2.47. The summed E-state index contributed by atoms with van der Waals surface area (Å²) < 4.78 is 2.27. The first-order valence-electron chi connectivity index (χ1n) is 15.7. The van der Waals surface area contributed by atoms with Crippen LogP contribution in [-0.2, 0) is 0 Å². The van der Waals surface area contributed by atoms with Gasteiger partial charge in [0.05, 0.1) is 6.33 Å². The van der Waals surface area contributed by atoms with Crippen LogP contribution in [0.1, 0.15) is 88.2 Å². The number of hydrogen-bond acceptors (Lipinski definition) is 7. The van der Waals surface area contributed by atoms with E-state index < -0.39 is 0 Å². The first kappa shape index (κ1) is 26.5. The van der Waals surface area contributed by atoms with Crippen LogP contribution < -0.4 is 21.7 Å². The highest BCUT2D eigenvalue weighted by Crippen LogP contribution is 2.41. The molecular weight excluding hydrogens is 514 g/mol. The first-order valence-corrected chi connectivity index (χ1v) is 15.7. The molecule has 1 saturated heterocycles. The van der Waals surface area contributed by atoms with Gasteiger partial charge < -0.3 is 31.2 Å². The molecule has 41 heavy (non-hydrogen) atoms. The lowest BCUT2D eigenvalue weighted by molar-refractivity contribution is 0.183. The van der Waals surface area contributed by atoms with Crippen LogP contribution in [0.2, 0.25) is 0 Å². The molecule has 10 heteroatoms. The molecule has 0 radical (unpaired) electrons. The number of piperidine rings is 1. The summed E-state index contributed by atoms with van der Waals surface area (Å²) in [6.07, 6.45) is 13.7. The summed E-state index contributed by atoms with van der Waals surface area (Å²) >= 11 is 0. The molecule has 3 heterocycles. The molecule has 0 spiro atoms. The molecule has 2 atom stereocenters. The van der Waals surface area contributed by atoms with Crippen molar-refractivity contribution >= 4 is 29.0 Å². The Morgan fingerprint density at radius 3 is 2.37 bits per heavy atom. The van der Waals surface area contributed by atoms with Gasteiger partial charge in [0.2, 0.25) is 5.95 Å². The van der Waals surface area contributed by atoms with E-state index in [-0.39, 0.29) is 18.1 Å². The Labute approximate surface area is 241 Å². The molecule has 1 aromatic carbocycles. The van der Waals surface area contributed by atoms with E-state index in [2.05, 4.69) is 44.8 Å². The number of nitrogens with zero attached hydrogens (tertiary/aromatic N) is 5. The summed E-state index contributed by atoms with van der Waals surface area (Å²) in [4.78, 5) is 29.7. The number of amides is 2. The molecule has 218 valence electrons. The maximum absolute atomic E-state index is 13.0. The predicted octanol–water partition coefficient (Wildman–Crippen LogP) is 4.77. The molecule has 4 fully saturated rings. The highest BCUT2D eigenvalue weighted by molar-refractivity contribution is 5.84. The third-order valence-corrected chi connectivity index (χ3v) is 9.69. The standard InChI is InChI=1S/C31H43N9O/c32-21-10-12-22(13-11-21)35-30-37-28(27-29(38-30)40(19-33-27)24-8-4-5-9-24)34-23-14-16-39(17-15-23)31(41)36-26-18-25(26)20-6-2-1-3-7-20/h1-3,6-7,19,21-26H,4-5,8-18,32H2,(H,36,41)(H2,34,35,37,38)/t21?,22?,25-,26+/m0/s1. The maximum atomic E-state index is 13.0. The predicted molar refractivity (Wildman–Crippen MR) is 161 cm³/mol. The van der Waals surface area contributed by atoms with Gasteiger partial charge in [-0.2, -0.15) is 9.97 Å². The van der Waals surface area contributed by atoms with E-state index in [0.29, 0.717) is 30.0 Å².